The largest absolute Gasteiger partial charge is 0.300 e. The van der Waals surface area contributed by atoms with E-state index < -0.39 is 0 Å². The van der Waals surface area contributed by atoms with Gasteiger partial charge in [-0.15, -0.1) is 11.8 Å². The molecule has 2 nitrogen and oxygen atoms in total. The lowest BCUT2D eigenvalue weighted by Crippen LogP contribution is -2.02. The number of benzene rings is 1. The van der Waals surface area contributed by atoms with Crippen LogP contribution < -0.4 is 5.90 Å². The van der Waals surface area contributed by atoms with E-state index in [9.17, 15) is 0 Å². The molecular weight excluding hydrogens is 182 g/mol. The fourth-order valence-corrected chi connectivity index (χ4v) is 2.92. The Kier molecular flexibility index (Phi) is 2.58. The third-order valence-electron chi connectivity index (χ3n) is 2.29. The molecule has 0 amide bonds. The van der Waals surface area contributed by atoms with Crippen LogP contribution >= 0.6 is 11.8 Å². The Bertz CT molecular complexity index is 314. The van der Waals surface area contributed by atoms with Crippen molar-refractivity contribution < 1.29 is 4.84 Å². The molecule has 0 fully saturated rings. The van der Waals surface area contributed by atoms with Crippen molar-refractivity contribution in [3.05, 3.63) is 29.3 Å². The predicted molar refractivity (Wildman–Crippen MR) is 54.4 cm³/mol. The van der Waals surface area contributed by atoms with Gasteiger partial charge >= 0.3 is 0 Å². The van der Waals surface area contributed by atoms with Crippen molar-refractivity contribution >= 4 is 11.8 Å². The van der Waals surface area contributed by atoms with E-state index in [0.717, 1.165) is 6.42 Å². The highest BCUT2D eigenvalue weighted by atomic mass is 32.2. The summed E-state index contributed by atoms with van der Waals surface area (Å²) < 4.78 is 0. The zero-order chi connectivity index (χ0) is 9.26. The van der Waals surface area contributed by atoms with E-state index >= 15 is 0 Å². The van der Waals surface area contributed by atoms with E-state index in [-0.39, 0.29) is 0 Å². The molecule has 1 aromatic rings. The number of nitrogens with two attached hydrogens (primary N) is 1. The molecule has 1 aromatic carbocycles. The van der Waals surface area contributed by atoms with Crippen molar-refractivity contribution in [3.8, 4) is 0 Å². The molecule has 2 rings (SSSR count). The molecule has 1 heterocycles. The fourth-order valence-electron chi connectivity index (χ4n) is 1.72. The standard InChI is InChI=1S/C10H13NOS/c1-7-5-9-8(6-12-11)3-2-4-10(9)13-7/h2-4,7H,5-6,11H2,1H3. The minimum Gasteiger partial charge on any atom is -0.300 e. The second kappa shape index (κ2) is 3.70. The van der Waals surface area contributed by atoms with Gasteiger partial charge in [0.2, 0.25) is 0 Å². The highest BCUT2D eigenvalue weighted by Gasteiger charge is 2.20. The Morgan fingerprint density at radius 3 is 3.23 bits per heavy atom. The molecule has 0 bridgehead atoms. The molecule has 13 heavy (non-hydrogen) atoms. The maximum Gasteiger partial charge on any atom is 0.0933 e. The van der Waals surface area contributed by atoms with Crippen molar-refractivity contribution in [3.63, 3.8) is 0 Å². The second-order valence-corrected chi connectivity index (χ2v) is 4.82. The molecular formula is C10H13NOS. The molecule has 0 radical (unpaired) electrons. The van der Waals surface area contributed by atoms with Crippen molar-refractivity contribution in [2.75, 3.05) is 0 Å². The molecule has 1 aliphatic heterocycles. The van der Waals surface area contributed by atoms with Gasteiger partial charge in [0.05, 0.1) is 6.61 Å². The highest BCUT2D eigenvalue weighted by Crippen LogP contribution is 2.38. The molecule has 0 saturated heterocycles. The van der Waals surface area contributed by atoms with Gasteiger partial charge in [-0.3, -0.25) is 4.84 Å². The average molecular weight is 195 g/mol. The first-order chi connectivity index (χ1) is 6.31. The molecule has 0 saturated carbocycles. The Hall–Kier alpha value is -0.510. The minimum absolute atomic E-state index is 0.524. The first-order valence-corrected chi connectivity index (χ1v) is 5.28. The minimum atomic E-state index is 0.524. The summed E-state index contributed by atoms with van der Waals surface area (Å²) in [7, 11) is 0. The van der Waals surface area contributed by atoms with E-state index in [1.807, 2.05) is 11.8 Å². The molecule has 1 atom stereocenters. The number of thioether (sulfide) groups is 1. The molecule has 0 aromatic heterocycles. The SMILES string of the molecule is CC1Cc2c(CON)cccc2S1. The lowest BCUT2D eigenvalue weighted by Gasteiger charge is -2.05. The lowest BCUT2D eigenvalue weighted by molar-refractivity contribution is 0.123. The molecule has 0 aliphatic carbocycles. The van der Waals surface area contributed by atoms with E-state index in [1.54, 1.807) is 0 Å². The summed E-state index contributed by atoms with van der Waals surface area (Å²) in [5.41, 5.74) is 2.65. The van der Waals surface area contributed by atoms with Crippen LogP contribution in [0.25, 0.3) is 0 Å². The summed E-state index contributed by atoms with van der Waals surface area (Å²) in [5, 5.41) is 0.689. The van der Waals surface area contributed by atoms with Crippen LogP contribution in [-0.4, -0.2) is 5.25 Å². The van der Waals surface area contributed by atoms with Crippen LogP contribution in [0.4, 0.5) is 0 Å². The number of hydrogen-bond donors (Lipinski definition) is 1. The predicted octanol–water partition coefficient (Wildman–Crippen LogP) is 2.11. The van der Waals surface area contributed by atoms with Gasteiger partial charge < -0.3 is 0 Å². The second-order valence-electron chi connectivity index (χ2n) is 3.34. The maximum absolute atomic E-state index is 5.08. The molecule has 3 heteroatoms. The van der Waals surface area contributed by atoms with Crippen LogP contribution in [0.1, 0.15) is 18.1 Å². The third-order valence-corrected chi connectivity index (χ3v) is 3.49. The Morgan fingerprint density at radius 2 is 2.46 bits per heavy atom. The van der Waals surface area contributed by atoms with Crippen LogP contribution in [0, 0.1) is 0 Å². The van der Waals surface area contributed by atoms with Crippen LogP contribution in [-0.2, 0) is 17.9 Å². The number of hydrogen-bond acceptors (Lipinski definition) is 3. The van der Waals surface area contributed by atoms with Gasteiger partial charge in [-0.25, -0.2) is 5.90 Å². The van der Waals surface area contributed by atoms with Gasteiger partial charge in [0.15, 0.2) is 0 Å². The smallest absolute Gasteiger partial charge is 0.0933 e. The van der Waals surface area contributed by atoms with Gasteiger partial charge in [-0.1, -0.05) is 19.1 Å². The third kappa shape index (κ3) is 1.73. The Morgan fingerprint density at radius 1 is 1.62 bits per heavy atom. The van der Waals surface area contributed by atoms with Crippen LogP contribution in [0.2, 0.25) is 0 Å². The monoisotopic (exact) mass is 195 g/mol. The van der Waals surface area contributed by atoms with E-state index in [4.69, 9.17) is 5.90 Å². The van der Waals surface area contributed by atoms with Gasteiger partial charge in [0, 0.05) is 10.1 Å². The van der Waals surface area contributed by atoms with Gasteiger partial charge in [0.1, 0.15) is 0 Å². The van der Waals surface area contributed by atoms with Crippen LogP contribution in [0.15, 0.2) is 23.1 Å². The first kappa shape index (κ1) is 9.06. The molecule has 70 valence electrons. The van der Waals surface area contributed by atoms with Crippen LogP contribution in [0.3, 0.4) is 0 Å². The summed E-state index contributed by atoms with van der Waals surface area (Å²) in [6, 6.07) is 6.33. The molecule has 0 spiro atoms. The van der Waals surface area contributed by atoms with E-state index in [2.05, 4.69) is 30.0 Å². The fraction of sp³-hybridized carbons (Fsp3) is 0.400. The zero-order valence-electron chi connectivity index (χ0n) is 7.62. The zero-order valence-corrected chi connectivity index (χ0v) is 8.43. The summed E-state index contributed by atoms with van der Waals surface area (Å²) in [5.74, 6) is 5.08. The van der Waals surface area contributed by atoms with Crippen molar-refractivity contribution in [2.24, 2.45) is 5.90 Å². The summed E-state index contributed by atoms with van der Waals surface area (Å²) in [6.07, 6.45) is 1.14. The normalized spacial score (nSPS) is 20.3. The lowest BCUT2D eigenvalue weighted by atomic mass is 10.0. The molecule has 1 unspecified atom stereocenters. The summed E-state index contributed by atoms with van der Waals surface area (Å²) in [6.45, 7) is 2.77. The molecule has 1 aliphatic rings. The highest BCUT2D eigenvalue weighted by molar-refractivity contribution is 8.00. The topological polar surface area (TPSA) is 35.2 Å². The first-order valence-electron chi connectivity index (χ1n) is 4.40. The number of rotatable bonds is 2. The summed E-state index contributed by atoms with van der Waals surface area (Å²) in [4.78, 5) is 6.07. The van der Waals surface area contributed by atoms with Crippen molar-refractivity contribution in [1.82, 2.24) is 0 Å². The van der Waals surface area contributed by atoms with Crippen molar-refractivity contribution in [1.29, 1.82) is 0 Å². The van der Waals surface area contributed by atoms with Crippen LogP contribution in [0.5, 0.6) is 0 Å². The van der Waals surface area contributed by atoms with Gasteiger partial charge in [0.25, 0.3) is 0 Å². The van der Waals surface area contributed by atoms with Gasteiger partial charge in [-0.2, -0.15) is 0 Å². The Balaban J connectivity index is 2.34. The van der Waals surface area contributed by atoms with E-state index in [0.29, 0.717) is 11.9 Å². The average Bonchev–Trinajstić information content (AvgIpc) is 2.47. The Labute approximate surface area is 82.4 Å². The van der Waals surface area contributed by atoms with E-state index in [1.165, 1.54) is 16.0 Å². The maximum atomic E-state index is 5.08. The number of fused-ring (bicyclic) bond motifs is 1. The molecule has 2 N–H and O–H groups in total. The summed E-state index contributed by atoms with van der Waals surface area (Å²) >= 11 is 1.93. The quantitative estimate of drug-likeness (QED) is 0.734. The van der Waals surface area contributed by atoms with Crippen molar-refractivity contribution in [2.45, 2.75) is 30.1 Å². The van der Waals surface area contributed by atoms with Gasteiger partial charge in [-0.05, 0) is 23.6 Å².